The molecule has 0 unspecified atom stereocenters. The van der Waals surface area contributed by atoms with Crippen molar-refractivity contribution in [2.24, 2.45) is 0 Å². The number of nitrogens with zero attached hydrogens (tertiary/aromatic N) is 2. The predicted molar refractivity (Wildman–Crippen MR) is 115 cm³/mol. The van der Waals surface area contributed by atoms with E-state index in [-0.39, 0.29) is 28.7 Å². The summed E-state index contributed by atoms with van der Waals surface area (Å²) in [6.07, 6.45) is 4.36. The number of aromatic nitrogens is 2. The first-order valence-electron chi connectivity index (χ1n) is 9.85. The molecule has 0 bridgehead atoms. The summed E-state index contributed by atoms with van der Waals surface area (Å²) in [6, 6.07) is 9.94. The van der Waals surface area contributed by atoms with Gasteiger partial charge in [0.2, 0.25) is 5.91 Å². The maximum Gasteiger partial charge on any atom is 0.270 e. The Balaban J connectivity index is 1.80. The number of aromatic amines is 1. The van der Waals surface area contributed by atoms with Crippen molar-refractivity contribution < 1.29 is 4.79 Å². The van der Waals surface area contributed by atoms with E-state index in [1.165, 1.54) is 11.8 Å². The predicted octanol–water partition coefficient (Wildman–Crippen LogP) is 3.76. The summed E-state index contributed by atoms with van der Waals surface area (Å²) in [4.78, 5) is 31.6. The SMILES string of the molecule is CC(C)(C)c1ccc(-c2nc(SCC(=O)NC3CCCC3)[nH]c(=O)c2C#N)cc1. The number of carbonyl (C=O) groups excluding carboxylic acids is 1. The van der Waals surface area contributed by atoms with Crippen LogP contribution in [0.2, 0.25) is 0 Å². The van der Waals surface area contributed by atoms with E-state index in [1.54, 1.807) is 0 Å². The summed E-state index contributed by atoms with van der Waals surface area (Å²) in [5.41, 5.74) is 1.70. The minimum Gasteiger partial charge on any atom is -0.353 e. The largest absolute Gasteiger partial charge is 0.353 e. The van der Waals surface area contributed by atoms with Crippen molar-refractivity contribution >= 4 is 17.7 Å². The van der Waals surface area contributed by atoms with Gasteiger partial charge in [0.25, 0.3) is 5.56 Å². The maximum atomic E-state index is 12.4. The lowest BCUT2D eigenvalue weighted by Crippen LogP contribution is -2.33. The molecule has 0 atom stereocenters. The smallest absolute Gasteiger partial charge is 0.270 e. The Morgan fingerprint density at radius 1 is 1.28 bits per heavy atom. The molecule has 29 heavy (non-hydrogen) atoms. The molecule has 0 radical (unpaired) electrons. The molecule has 1 aromatic carbocycles. The van der Waals surface area contributed by atoms with Crippen molar-refractivity contribution in [3.8, 4) is 17.3 Å². The highest BCUT2D eigenvalue weighted by Gasteiger charge is 2.19. The van der Waals surface area contributed by atoms with E-state index in [0.717, 1.165) is 31.2 Å². The highest BCUT2D eigenvalue weighted by atomic mass is 32.2. The molecular formula is C22H26N4O2S. The fourth-order valence-corrected chi connectivity index (χ4v) is 4.11. The molecule has 6 nitrogen and oxygen atoms in total. The van der Waals surface area contributed by atoms with Crippen LogP contribution < -0.4 is 10.9 Å². The number of carbonyl (C=O) groups is 1. The molecule has 152 valence electrons. The van der Waals surface area contributed by atoms with E-state index in [2.05, 4.69) is 36.1 Å². The van der Waals surface area contributed by atoms with Crippen molar-refractivity contribution in [3.05, 3.63) is 45.7 Å². The highest BCUT2D eigenvalue weighted by Crippen LogP contribution is 2.27. The Morgan fingerprint density at radius 3 is 2.52 bits per heavy atom. The quantitative estimate of drug-likeness (QED) is 0.578. The third-order valence-corrected chi connectivity index (χ3v) is 5.97. The lowest BCUT2D eigenvalue weighted by Gasteiger charge is -2.19. The van der Waals surface area contributed by atoms with Crippen molar-refractivity contribution in [1.82, 2.24) is 15.3 Å². The highest BCUT2D eigenvalue weighted by molar-refractivity contribution is 7.99. The molecule has 2 aromatic rings. The van der Waals surface area contributed by atoms with Crippen LogP contribution in [0.15, 0.2) is 34.2 Å². The first-order chi connectivity index (χ1) is 13.8. The van der Waals surface area contributed by atoms with Gasteiger partial charge in [-0.05, 0) is 23.8 Å². The number of nitriles is 1. The molecule has 1 heterocycles. The fraction of sp³-hybridized carbons (Fsp3) is 0.455. The maximum absolute atomic E-state index is 12.4. The van der Waals surface area contributed by atoms with Crippen LogP contribution in [0.1, 0.15) is 57.6 Å². The van der Waals surface area contributed by atoms with E-state index in [0.29, 0.717) is 16.4 Å². The zero-order chi connectivity index (χ0) is 21.0. The van der Waals surface area contributed by atoms with Crippen LogP contribution in [0, 0.1) is 11.3 Å². The molecule has 1 aliphatic rings. The molecular weight excluding hydrogens is 384 g/mol. The number of H-pyrrole nitrogens is 1. The Bertz CT molecular complexity index is 978. The van der Waals surface area contributed by atoms with Gasteiger partial charge in [0.15, 0.2) is 5.16 Å². The van der Waals surface area contributed by atoms with E-state index in [1.807, 2.05) is 30.3 Å². The van der Waals surface area contributed by atoms with Crippen molar-refractivity contribution in [2.45, 2.75) is 63.1 Å². The Morgan fingerprint density at radius 2 is 1.93 bits per heavy atom. The molecule has 3 rings (SSSR count). The molecule has 0 aliphatic heterocycles. The van der Waals surface area contributed by atoms with Gasteiger partial charge >= 0.3 is 0 Å². The number of hydrogen-bond acceptors (Lipinski definition) is 5. The Kier molecular flexibility index (Phi) is 6.43. The normalized spacial score (nSPS) is 14.6. The minimum absolute atomic E-state index is 0.00582. The van der Waals surface area contributed by atoms with E-state index < -0.39 is 5.56 Å². The standard InChI is InChI=1S/C22H26N4O2S/c1-22(2,3)15-10-8-14(9-11-15)19-17(12-23)20(28)26-21(25-19)29-13-18(27)24-16-6-4-5-7-16/h8-11,16H,4-7,13H2,1-3H3,(H,24,27)(H,25,26,28). The average Bonchev–Trinajstić information content (AvgIpc) is 3.18. The van der Waals surface area contributed by atoms with Crippen LogP contribution >= 0.6 is 11.8 Å². The van der Waals surface area contributed by atoms with Crippen LogP contribution in [0.25, 0.3) is 11.3 Å². The van der Waals surface area contributed by atoms with Crippen molar-refractivity contribution in [3.63, 3.8) is 0 Å². The van der Waals surface area contributed by atoms with Gasteiger partial charge in [0.1, 0.15) is 11.6 Å². The average molecular weight is 411 g/mol. The molecule has 1 amide bonds. The summed E-state index contributed by atoms with van der Waals surface area (Å²) in [5, 5.41) is 12.8. The van der Waals surface area contributed by atoms with Crippen LogP contribution in [-0.4, -0.2) is 27.7 Å². The minimum atomic E-state index is -0.490. The molecule has 1 aliphatic carbocycles. The Hall–Kier alpha value is -2.59. The molecule has 1 aromatic heterocycles. The number of benzene rings is 1. The van der Waals surface area contributed by atoms with Crippen LogP contribution in [0.3, 0.4) is 0 Å². The lowest BCUT2D eigenvalue weighted by molar-refractivity contribution is -0.119. The van der Waals surface area contributed by atoms with Crippen LogP contribution in [-0.2, 0) is 10.2 Å². The first kappa shape index (κ1) is 21.1. The molecule has 1 fully saturated rings. The zero-order valence-electron chi connectivity index (χ0n) is 17.0. The molecule has 2 N–H and O–H groups in total. The molecule has 0 spiro atoms. The van der Waals surface area contributed by atoms with Crippen LogP contribution in [0.4, 0.5) is 0 Å². The second kappa shape index (κ2) is 8.83. The topological polar surface area (TPSA) is 98.6 Å². The van der Waals surface area contributed by atoms with Gasteiger partial charge in [-0.1, -0.05) is 69.6 Å². The van der Waals surface area contributed by atoms with Gasteiger partial charge in [0, 0.05) is 11.6 Å². The summed E-state index contributed by atoms with van der Waals surface area (Å²) in [5.74, 6) is 0.110. The number of amides is 1. The van der Waals surface area contributed by atoms with Gasteiger partial charge in [-0.15, -0.1) is 0 Å². The van der Waals surface area contributed by atoms with Crippen LogP contribution in [0.5, 0.6) is 0 Å². The second-order valence-electron chi connectivity index (χ2n) is 8.37. The van der Waals surface area contributed by atoms with Crippen molar-refractivity contribution in [1.29, 1.82) is 5.26 Å². The second-order valence-corrected chi connectivity index (χ2v) is 9.34. The van der Waals surface area contributed by atoms with Gasteiger partial charge < -0.3 is 10.3 Å². The van der Waals surface area contributed by atoms with Gasteiger partial charge in [-0.25, -0.2) is 4.98 Å². The van der Waals surface area contributed by atoms with E-state index >= 15 is 0 Å². The number of hydrogen-bond donors (Lipinski definition) is 2. The van der Waals surface area contributed by atoms with Gasteiger partial charge in [0.05, 0.1) is 11.4 Å². The number of thioether (sulfide) groups is 1. The molecule has 0 saturated heterocycles. The van der Waals surface area contributed by atoms with E-state index in [9.17, 15) is 14.9 Å². The summed E-state index contributed by atoms with van der Waals surface area (Å²) >= 11 is 1.17. The number of rotatable bonds is 5. The third-order valence-electron chi connectivity index (χ3n) is 5.09. The fourth-order valence-electron chi connectivity index (χ4n) is 3.44. The van der Waals surface area contributed by atoms with E-state index in [4.69, 9.17) is 0 Å². The zero-order valence-corrected chi connectivity index (χ0v) is 17.9. The Labute approximate surface area is 175 Å². The van der Waals surface area contributed by atoms with Crippen molar-refractivity contribution in [2.75, 3.05) is 5.75 Å². The number of nitrogens with one attached hydrogen (secondary N) is 2. The molecule has 7 heteroatoms. The molecule has 1 saturated carbocycles. The monoisotopic (exact) mass is 410 g/mol. The van der Waals surface area contributed by atoms with Gasteiger partial charge in [-0.2, -0.15) is 5.26 Å². The summed E-state index contributed by atoms with van der Waals surface area (Å²) < 4.78 is 0. The van der Waals surface area contributed by atoms with Gasteiger partial charge in [-0.3, -0.25) is 9.59 Å². The third kappa shape index (κ3) is 5.27. The summed E-state index contributed by atoms with van der Waals surface area (Å²) in [6.45, 7) is 6.37. The summed E-state index contributed by atoms with van der Waals surface area (Å²) in [7, 11) is 0. The first-order valence-corrected chi connectivity index (χ1v) is 10.8. The lowest BCUT2D eigenvalue weighted by atomic mass is 9.86.